The molecule has 0 aromatic heterocycles. The highest BCUT2D eigenvalue weighted by atomic mass is 35.5. The monoisotopic (exact) mass is 209 g/mol. The molecule has 3 nitrogen and oxygen atoms in total. The van der Waals surface area contributed by atoms with Gasteiger partial charge >= 0.3 is 0 Å². The molecule has 1 aliphatic carbocycles. The lowest BCUT2D eigenvalue weighted by molar-refractivity contribution is 0.188. The number of fused-ring (bicyclic) bond motifs is 1. The van der Waals surface area contributed by atoms with Crippen LogP contribution in [0, 0.1) is 6.92 Å². The van der Waals surface area contributed by atoms with Crippen LogP contribution < -0.4 is 5.43 Å². The number of aromatic nitrogens is 1. The lowest BCUT2D eigenvalue weighted by Gasteiger charge is -2.13. The van der Waals surface area contributed by atoms with E-state index in [9.17, 15) is 10.0 Å². The summed E-state index contributed by atoms with van der Waals surface area (Å²) in [4.78, 5) is 11.3. The smallest absolute Gasteiger partial charge is 0.183 e. The highest BCUT2D eigenvalue weighted by Gasteiger charge is 2.14. The van der Waals surface area contributed by atoms with Crippen LogP contribution >= 0.6 is 11.6 Å². The van der Waals surface area contributed by atoms with E-state index >= 15 is 0 Å². The molecule has 0 atom stereocenters. The molecule has 2 aliphatic rings. The van der Waals surface area contributed by atoms with E-state index in [1.807, 2.05) is 0 Å². The van der Waals surface area contributed by atoms with Crippen molar-refractivity contribution in [3.8, 4) is 11.3 Å². The van der Waals surface area contributed by atoms with E-state index in [1.165, 1.54) is 12.3 Å². The Morgan fingerprint density at radius 2 is 2.07 bits per heavy atom. The Labute approximate surface area is 85.5 Å². The van der Waals surface area contributed by atoms with E-state index in [0.29, 0.717) is 21.8 Å². The Kier molecular flexibility index (Phi) is 1.97. The van der Waals surface area contributed by atoms with E-state index in [1.54, 1.807) is 19.1 Å². The molecule has 0 saturated heterocycles. The second-order valence-corrected chi connectivity index (χ2v) is 3.50. The summed E-state index contributed by atoms with van der Waals surface area (Å²) in [6.07, 6.45) is 1.41. The number of nitrogens with zero attached hydrogens (tertiary/aromatic N) is 1. The van der Waals surface area contributed by atoms with Crippen molar-refractivity contribution in [2.75, 3.05) is 0 Å². The Morgan fingerprint density at radius 1 is 1.36 bits per heavy atom. The van der Waals surface area contributed by atoms with Gasteiger partial charge in [0.2, 0.25) is 0 Å². The second kappa shape index (κ2) is 3.03. The van der Waals surface area contributed by atoms with Crippen LogP contribution in [0.5, 0.6) is 0 Å². The Balaban J connectivity index is 2.98. The van der Waals surface area contributed by atoms with Crippen LogP contribution in [0.25, 0.3) is 11.3 Å². The summed E-state index contributed by atoms with van der Waals surface area (Å²) >= 11 is 5.93. The SMILES string of the molecule is Cc1c2n(O)ccc(Cl)c-2ccc1=O. The maximum Gasteiger partial charge on any atom is 0.183 e. The topological polar surface area (TPSA) is 42.2 Å². The maximum absolute atomic E-state index is 11.3. The van der Waals surface area contributed by atoms with Gasteiger partial charge in [-0.2, -0.15) is 4.73 Å². The molecular weight excluding hydrogens is 202 g/mol. The molecule has 0 radical (unpaired) electrons. The van der Waals surface area contributed by atoms with Gasteiger partial charge in [0.25, 0.3) is 0 Å². The average Bonchev–Trinajstić information content (AvgIpc) is 2.16. The summed E-state index contributed by atoms with van der Waals surface area (Å²) in [7, 11) is 0. The second-order valence-electron chi connectivity index (χ2n) is 3.09. The lowest BCUT2D eigenvalue weighted by Crippen LogP contribution is -2.11. The summed E-state index contributed by atoms with van der Waals surface area (Å²) < 4.78 is 0.915. The Bertz CT molecular complexity index is 518. The van der Waals surface area contributed by atoms with Gasteiger partial charge in [-0.1, -0.05) is 11.6 Å². The van der Waals surface area contributed by atoms with E-state index < -0.39 is 0 Å². The maximum atomic E-state index is 11.3. The van der Waals surface area contributed by atoms with Gasteiger partial charge in [-0.05, 0) is 25.1 Å². The predicted molar refractivity (Wildman–Crippen MR) is 54.3 cm³/mol. The van der Waals surface area contributed by atoms with Crippen LogP contribution in [0.4, 0.5) is 0 Å². The quantitative estimate of drug-likeness (QED) is 0.676. The van der Waals surface area contributed by atoms with Gasteiger partial charge in [0.05, 0.1) is 10.7 Å². The molecule has 0 amide bonds. The molecule has 0 aromatic rings. The molecule has 0 spiro atoms. The number of hydrogen-bond donors (Lipinski definition) is 1. The normalized spacial score (nSPS) is 10.7. The molecule has 1 N–H and O–H groups in total. The molecule has 0 saturated carbocycles. The molecular formula is C10H8ClNO2. The van der Waals surface area contributed by atoms with Crippen LogP contribution in [0.3, 0.4) is 0 Å². The van der Waals surface area contributed by atoms with Crippen molar-refractivity contribution >= 4 is 11.6 Å². The van der Waals surface area contributed by atoms with Crippen molar-refractivity contribution in [1.82, 2.24) is 4.73 Å². The first-order valence-electron chi connectivity index (χ1n) is 4.11. The largest absolute Gasteiger partial charge is 0.428 e. The fourth-order valence-corrected chi connectivity index (χ4v) is 1.68. The minimum Gasteiger partial charge on any atom is -0.428 e. The van der Waals surface area contributed by atoms with E-state index in [0.717, 1.165) is 4.73 Å². The zero-order chi connectivity index (χ0) is 10.3. The zero-order valence-electron chi connectivity index (χ0n) is 7.49. The van der Waals surface area contributed by atoms with E-state index in [4.69, 9.17) is 11.6 Å². The van der Waals surface area contributed by atoms with Crippen molar-refractivity contribution in [2.45, 2.75) is 6.92 Å². The molecule has 0 unspecified atom stereocenters. The van der Waals surface area contributed by atoms with Crippen LogP contribution in [0.1, 0.15) is 5.56 Å². The van der Waals surface area contributed by atoms with Crippen LogP contribution in [0.2, 0.25) is 5.02 Å². The summed E-state index contributed by atoms with van der Waals surface area (Å²) in [6.45, 7) is 1.66. The van der Waals surface area contributed by atoms with Crippen molar-refractivity contribution in [3.63, 3.8) is 0 Å². The van der Waals surface area contributed by atoms with Gasteiger partial charge in [0.15, 0.2) is 5.43 Å². The first-order chi connectivity index (χ1) is 6.61. The molecule has 2 rings (SSSR count). The Hall–Kier alpha value is -1.48. The highest BCUT2D eigenvalue weighted by molar-refractivity contribution is 6.33. The van der Waals surface area contributed by atoms with Crippen molar-refractivity contribution < 1.29 is 5.21 Å². The fraction of sp³-hybridized carbons (Fsp3) is 0.100. The van der Waals surface area contributed by atoms with Crippen molar-refractivity contribution in [2.24, 2.45) is 0 Å². The third-order valence-corrected chi connectivity index (χ3v) is 2.56. The van der Waals surface area contributed by atoms with Gasteiger partial charge in [0, 0.05) is 17.3 Å². The molecule has 1 heterocycles. The van der Waals surface area contributed by atoms with Gasteiger partial charge in [0.1, 0.15) is 0 Å². The third-order valence-electron chi connectivity index (χ3n) is 2.23. The standard InChI is InChI=1S/C10H8ClNO2/c1-6-9(13)3-2-7-8(11)4-5-12(14)10(6)7/h2-5,14H,1H3. The van der Waals surface area contributed by atoms with Crippen LogP contribution in [-0.2, 0) is 0 Å². The van der Waals surface area contributed by atoms with Crippen LogP contribution in [-0.4, -0.2) is 9.94 Å². The molecule has 0 bridgehead atoms. The Morgan fingerprint density at radius 3 is 2.79 bits per heavy atom. The van der Waals surface area contributed by atoms with Crippen LogP contribution in [0.15, 0.2) is 29.2 Å². The summed E-state index contributed by atoms with van der Waals surface area (Å²) in [6, 6.07) is 4.64. The van der Waals surface area contributed by atoms with Gasteiger partial charge in [-0.3, -0.25) is 4.79 Å². The molecule has 4 heteroatoms. The van der Waals surface area contributed by atoms with Crippen molar-refractivity contribution in [3.05, 3.63) is 45.2 Å². The van der Waals surface area contributed by atoms with Crippen molar-refractivity contribution in [1.29, 1.82) is 0 Å². The van der Waals surface area contributed by atoms with Gasteiger partial charge < -0.3 is 5.21 Å². The number of benzene rings is 1. The first-order valence-corrected chi connectivity index (χ1v) is 4.49. The van der Waals surface area contributed by atoms with Gasteiger partial charge in [-0.25, -0.2) is 0 Å². The van der Waals surface area contributed by atoms with E-state index in [-0.39, 0.29) is 5.43 Å². The predicted octanol–water partition coefficient (Wildman–Crippen LogP) is 2.15. The number of pyridine rings is 1. The van der Waals surface area contributed by atoms with Gasteiger partial charge in [-0.15, -0.1) is 0 Å². The lowest BCUT2D eigenvalue weighted by atomic mass is 10.0. The minimum atomic E-state index is -0.109. The number of hydrogen-bond acceptors (Lipinski definition) is 2. The number of halogens is 1. The third kappa shape index (κ3) is 1.17. The summed E-state index contributed by atoms with van der Waals surface area (Å²) in [5.41, 5.74) is 1.52. The zero-order valence-corrected chi connectivity index (χ0v) is 8.25. The number of rotatable bonds is 0. The average molecular weight is 210 g/mol. The first kappa shape index (κ1) is 9.09. The molecule has 0 fully saturated rings. The van der Waals surface area contributed by atoms with E-state index in [2.05, 4.69) is 0 Å². The molecule has 14 heavy (non-hydrogen) atoms. The highest BCUT2D eigenvalue weighted by Crippen LogP contribution is 2.29. The summed E-state index contributed by atoms with van der Waals surface area (Å²) in [5.74, 6) is 0. The molecule has 72 valence electrons. The molecule has 1 aliphatic heterocycles. The molecule has 0 aromatic carbocycles. The summed E-state index contributed by atoms with van der Waals surface area (Å²) in [5, 5.41) is 10.0. The fourth-order valence-electron chi connectivity index (χ4n) is 1.47. The minimum absolute atomic E-state index is 0.109.